The molecule has 3 N–H and O–H groups in total. The molecule has 0 spiro atoms. The van der Waals surface area contributed by atoms with Crippen molar-refractivity contribution in [3.05, 3.63) is 28.2 Å². The number of likely N-dealkylation sites (N-methyl/N-ethyl adjacent to an activating group) is 1. The first kappa shape index (κ1) is 18.7. The number of carboxylic acids is 2. The van der Waals surface area contributed by atoms with Gasteiger partial charge >= 0.3 is 11.9 Å². The summed E-state index contributed by atoms with van der Waals surface area (Å²) in [5.41, 5.74) is -0.294. The predicted molar refractivity (Wildman–Crippen MR) is 82.5 cm³/mol. The molecule has 0 saturated carbocycles. The molecule has 2 atom stereocenters. The third-order valence-electron chi connectivity index (χ3n) is 3.72. The smallest absolute Gasteiger partial charge is 0.326 e. The van der Waals surface area contributed by atoms with Crippen molar-refractivity contribution in [2.45, 2.75) is 32.9 Å². The molecule has 0 aliphatic rings. The second-order valence-electron chi connectivity index (χ2n) is 5.66. The molecular weight excluding hydrogens is 304 g/mol. The van der Waals surface area contributed by atoms with Crippen molar-refractivity contribution < 1.29 is 24.9 Å². The Balaban J connectivity index is 3.33. The van der Waals surface area contributed by atoms with Crippen molar-refractivity contribution >= 4 is 11.9 Å². The highest BCUT2D eigenvalue weighted by molar-refractivity contribution is 5.72. The molecule has 2 unspecified atom stereocenters. The fourth-order valence-corrected chi connectivity index (χ4v) is 2.39. The highest BCUT2D eigenvalue weighted by atomic mass is 16.4. The lowest BCUT2D eigenvalue weighted by Crippen LogP contribution is -2.32. The number of nitrogens with zero attached hydrogens (tertiary/aromatic N) is 2. The lowest BCUT2D eigenvalue weighted by Gasteiger charge is -2.27. The van der Waals surface area contributed by atoms with Gasteiger partial charge in [-0.25, -0.2) is 4.79 Å². The first-order chi connectivity index (χ1) is 10.7. The van der Waals surface area contributed by atoms with Crippen LogP contribution in [0, 0.1) is 5.92 Å². The van der Waals surface area contributed by atoms with Gasteiger partial charge in [0.15, 0.2) is 5.75 Å². The zero-order chi connectivity index (χ0) is 17.7. The van der Waals surface area contributed by atoms with Crippen LogP contribution in [0.15, 0.2) is 17.1 Å². The molecule has 0 fully saturated rings. The van der Waals surface area contributed by atoms with Gasteiger partial charge in [0.25, 0.3) is 0 Å². The van der Waals surface area contributed by atoms with Crippen LogP contribution >= 0.6 is 0 Å². The van der Waals surface area contributed by atoms with Gasteiger partial charge in [0, 0.05) is 18.3 Å². The zero-order valence-corrected chi connectivity index (χ0v) is 13.4. The highest BCUT2D eigenvalue weighted by Gasteiger charge is 2.27. The minimum atomic E-state index is -1.08. The highest BCUT2D eigenvalue weighted by Crippen LogP contribution is 2.24. The van der Waals surface area contributed by atoms with E-state index in [1.807, 2.05) is 6.92 Å². The molecule has 23 heavy (non-hydrogen) atoms. The topological polar surface area (TPSA) is 120 Å². The third kappa shape index (κ3) is 4.82. The normalized spacial score (nSPS) is 13.7. The number of pyridine rings is 1. The zero-order valence-electron chi connectivity index (χ0n) is 13.4. The molecule has 0 saturated heterocycles. The van der Waals surface area contributed by atoms with Gasteiger partial charge in [-0.3, -0.25) is 14.5 Å². The number of rotatable bonds is 8. The fourth-order valence-electron chi connectivity index (χ4n) is 2.39. The van der Waals surface area contributed by atoms with Gasteiger partial charge in [0.1, 0.15) is 6.04 Å². The van der Waals surface area contributed by atoms with Gasteiger partial charge in [0.2, 0.25) is 5.43 Å². The van der Waals surface area contributed by atoms with Crippen LogP contribution in [0.1, 0.15) is 32.0 Å². The van der Waals surface area contributed by atoms with Crippen LogP contribution in [-0.4, -0.2) is 50.3 Å². The van der Waals surface area contributed by atoms with E-state index in [1.54, 1.807) is 14.0 Å². The molecule has 0 aliphatic heterocycles. The van der Waals surface area contributed by atoms with Crippen LogP contribution < -0.4 is 5.43 Å². The summed E-state index contributed by atoms with van der Waals surface area (Å²) in [7, 11) is 1.55. The number of carboxylic acid groups (broad SMARTS) is 2. The maximum absolute atomic E-state index is 11.7. The first-order valence-electron chi connectivity index (χ1n) is 7.24. The third-order valence-corrected chi connectivity index (χ3v) is 3.72. The largest absolute Gasteiger partial charge is 0.503 e. The molecule has 1 aromatic heterocycles. The number of hydrogen-bond acceptors (Lipinski definition) is 5. The Kier molecular flexibility index (Phi) is 6.32. The summed E-state index contributed by atoms with van der Waals surface area (Å²) in [4.78, 5) is 35.5. The van der Waals surface area contributed by atoms with E-state index in [1.165, 1.54) is 9.47 Å². The Bertz CT molecular complexity index is 639. The average Bonchev–Trinajstić information content (AvgIpc) is 2.42. The maximum atomic E-state index is 11.7. The molecule has 8 nitrogen and oxygen atoms in total. The van der Waals surface area contributed by atoms with Crippen LogP contribution in [0.2, 0.25) is 0 Å². The molecule has 128 valence electrons. The second kappa shape index (κ2) is 7.77. The van der Waals surface area contributed by atoms with E-state index in [9.17, 15) is 24.6 Å². The standard InChI is InChI=1S/C15H22N2O6/c1-4-9(2)14(15(22)23)17-7-12(19)11(18)5-10(17)6-16(3)8-13(20)21/h5,7,9,14,19H,4,6,8H2,1-3H3,(H,20,21)(H,22,23). The summed E-state index contributed by atoms with van der Waals surface area (Å²) < 4.78 is 1.34. The van der Waals surface area contributed by atoms with Crippen molar-refractivity contribution in [1.29, 1.82) is 0 Å². The number of aliphatic carboxylic acids is 2. The van der Waals surface area contributed by atoms with E-state index in [4.69, 9.17) is 5.11 Å². The molecular formula is C15H22N2O6. The fraction of sp³-hybridized carbons (Fsp3) is 0.533. The monoisotopic (exact) mass is 326 g/mol. The minimum absolute atomic E-state index is 0.0715. The van der Waals surface area contributed by atoms with E-state index in [2.05, 4.69) is 0 Å². The Hall–Kier alpha value is -2.35. The predicted octanol–water partition coefficient (Wildman–Crippen LogP) is 0.742. The van der Waals surface area contributed by atoms with E-state index in [-0.39, 0.29) is 19.0 Å². The SMILES string of the molecule is CCC(C)C(C(=O)O)n1cc(O)c(=O)cc1CN(C)CC(=O)O. The van der Waals surface area contributed by atoms with Gasteiger partial charge in [-0.2, -0.15) is 0 Å². The van der Waals surface area contributed by atoms with Crippen LogP contribution in [0.5, 0.6) is 5.75 Å². The summed E-state index contributed by atoms with van der Waals surface area (Å²) in [6.45, 7) is 3.43. The van der Waals surface area contributed by atoms with E-state index >= 15 is 0 Å². The van der Waals surface area contributed by atoms with Crippen molar-refractivity contribution in [3.8, 4) is 5.75 Å². The number of hydrogen-bond donors (Lipinski definition) is 3. The number of aromatic hydroxyl groups is 1. The molecule has 1 rings (SSSR count). The van der Waals surface area contributed by atoms with Crippen molar-refractivity contribution in [2.24, 2.45) is 5.92 Å². The van der Waals surface area contributed by atoms with Crippen LogP contribution in [0.3, 0.4) is 0 Å². The summed E-state index contributed by atoms with van der Waals surface area (Å²) >= 11 is 0. The summed E-state index contributed by atoms with van der Waals surface area (Å²) in [6, 6.07) is 0.186. The lowest BCUT2D eigenvalue weighted by atomic mass is 9.98. The second-order valence-corrected chi connectivity index (χ2v) is 5.66. The van der Waals surface area contributed by atoms with E-state index in [0.29, 0.717) is 12.1 Å². The van der Waals surface area contributed by atoms with Crippen molar-refractivity contribution in [3.63, 3.8) is 0 Å². The van der Waals surface area contributed by atoms with E-state index < -0.39 is 29.2 Å². The Morgan fingerprint density at radius 2 is 1.96 bits per heavy atom. The summed E-state index contributed by atoms with van der Waals surface area (Å²) in [6.07, 6.45) is 1.70. The number of aromatic nitrogens is 1. The average molecular weight is 326 g/mol. The van der Waals surface area contributed by atoms with Gasteiger partial charge in [-0.05, 0) is 13.0 Å². The molecule has 0 aliphatic carbocycles. The van der Waals surface area contributed by atoms with Crippen LogP contribution in [-0.2, 0) is 16.1 Å². The molecule has 8 heteroatoms. The van der Waals surface area contributed by atoms with Gasteiger partial charge < -0.3 is 19.9 Å². The molecule has 0 bridgehead atoms. The molecule has 0 amide bonds. The van der Waals surface area contributed by atoms with Gasteiger partial charge in [-0.15, -0.1) is 0 Å². The summed E-state index contributed by atoms with van der Waals surface area (Å²) in [5, 5.41) is 28.0. The van der Waals surface area contributed by atoms with E-state index in [0.717, 1.165) is 12.3 Å². The maximum Gasteiger partial charge on any atom is 0.326 e. The molecule has 1 heterocycles. The van der Waals surface area contributed by atoms with Gasteiger partial charge in [-0.1, -0.05) is 20.3 Å². The molecule has 0 radical (unpaired) electrons. The van der Waals surface area contributed by atoms with Crippen molar-refractivity contribution in [2.75, 3.05) is 13.6 Å². The Morgan fingerprint density at radius 1 is 1.35 bits per heavy atom. The van der Waals surface area contributed by atoms with Crippen molar-refractivity contribution in [1.82, 2.24) is 9.47 Å². The van der Waals surface area contributed by atoms with Gasteiger partial charge in [0.05, 0.1) is 12.7 Å². The van der Waals surface area contributed by atoms with Crippen LogP contribution in [0.4, 0.5) is 0 Å². The minimum Gasteiger partial charge on any atom is -0.503 e. The Morgan fingerprint density at radius 3 is 2.43 bits per heavy atom. The Labute approximate surface area is 133 Å². The molecule has 0 aromatic carbocycles. The van der Waals surface area contributed by atoms with Crippen LogP contribution in [0.25, 0.3) is 0 Å². The molecule has 1 aromatic rings. The first-order valence-corrected chi connectivity index (χ1v) is 7.24. The lowest BCUT2D eigenvalue weighted by molar-refractivity contribution is -0.143. The quantitative estimate of drug-likeness (QED) is 0.644. The summed E-state index contributed by atoms with van der Waals surface area (Å²) in [5.74, 6) is -2.89. The number of carbonyl (C=O) groups is 2.